The number of nitrogens with zero attached hydrogens (tertiary/aromatic N) is 3. The molecule has 0 amide bonds. The van der Waals surface area contributed by atoms with Crippen LogP contribution in [0, 0.1) is 11.6 Å². The zero-order valence-electron chi connectivity index (χ0n) is 17.9. The van der Waals surface area contributed by atoms with Gasteiger partial charge in [0, 0.05) is 19.2 Å². The zero-order chi connectivity index (χ0) is 22.4. The van der Waals surface area contributed by atoms with E-state index in [0.717, 1.165) is 42.1 Å². The number of aliphatic hydroxyl groups is 1. The normalized spacial score (nSPS) is 20.6. The van der Waals surface area contributed by atoms with Crippen LogP contribution in [-0.4, -0.2) is 34.4 Å². The van der Waals surface area contributed by atoms with E-state index < -0.39 is 17.7 Å². The average Bonchev–Trinajstić information content (AvgIpc) is 2.78. The number of rotatable bonds is 3. The first kappa shape index (κ1) is 20.8. The van der Waals surface area contributed by atoms with Crippen molar-refractivity contribution >= 4 is 22.7 Å². The van der Waals surface area contributed by atoms with Gasteiger partial charge in [0.05, 0.1) is 29.5 Å². The van der Waals surface area contributed by atoms with Crippen LogP contribution in [-0.2, 0) is 6.42 Å². The molecule has 0 saturated heterocycles. The lowest BCUT2D eigenvalue weighted by atomic mass is 9.91. The maximum Gasteiger partial charge on any atom is 0.261 e. The van der Waals surface area contributed by atoms with Crippen molar-refractivity contribution in [1.82, 2.24) is 9.55 Å². The predicted molar refractivity (Wildman–Crippen MR) is 121 cm³/mol. The van der Waals surface area contributed by atoms with Gasteiger partial charge < -0.3 is 10.0 Å². The summed E-state index contributed by atoms with van der Waals surface area (Å²) in [7, 11) is 1.95. The van der Waals surface area contributed by atoms with Gasteiger partial charge in [-0.05, 0) is 48.6 Å². The Bertz CT molecular complexity index is 1280. The third-order valence-electron chi connectivity index (χ3n) is 6.65. The Morgan fingerprint density at radius 1 is 1.16 bits per heavy atom. The first-order valence-electron chi connectivity index (χ1n) is 11.0. The molecule has 1 saturated carbocycles. The fourth-order valence-corrected chi connectivity index (χ4v) is 4.99. The van der Waals surface area contributed by atoms with Crippen LogP contribution < -0.4 is 10.5 Å². The highest BCUT2D eigenvalue weighted by atomic mass is 19.2. The summed E-state index contributed by atoms with van der Waals surface area (Å²) in [5.74, 6) is -1.77. The van der Waals surface area contributed by atoms with Gasteiger partial charge in [-0.15, -0.1) is 0 Å². The van der Waals surface area contributed by atoms with Crippen LogP contribution >= 0.6 is 0 Å². The smallest absolute Gasteiger partial charge is 0.261 e. The summed E-state index contributed by atoms with van der Waals surface area (Å²) in [6, 6.07) is 5.42. The van der Waals surface area contributed by atoms with Gasteiger partial charge in [0.25, 0.3) is 5.56 Å². The number of hydrogen-bond acceptors (Lipinski definition) is 4. The fourth-order valence-electron chi connectivity index (χ4n) is 4.99. The van der Waals surface area contributed by atoms with Crippen molar-refractivity contribution in [3.8, 4) is 0 Å². The predicted octanol–water partition coefficient (Wildman–Crippen LogP) is 4.20. The second-order valence-corrected chi connectivity index (χ2v) is 8.78. The number of aliphatic hydroxyl groups excluding tert-OH is 1. The van der Waals surface area contributed by atoms with E-state index in [1.54, 1.807) is 17.0 Å². The lowest BCUT2D eigenvalue weighted by Crippen LogP contribution is -2.35. The molecule has 1 fully saturated rings. The van der Waals surface area contributed by atoms with Crippen LogP contribution in [0.3, 0.4) is 0 Å². The van der Waals surface area contributed by atoms with E-state index in [-0.39, 0.29) is 11.6 Å². The van der Waals surface area contributed by atoms with Gasteiger partial charge in [-0.25, -0.2) is 13.8 Å². The van der Waals surface area contributed by atoms with E-state index in [2.05, 4.69) is 4.98 Å². The monoisotopic (exact) mass is 437 g/mol. The van der Waals surface area contributed by atoms with E-state index in [9.17, 15) is 18.7 Å². The molecule has 5 nitrogen and oxygen atoms in total. The minimum Gasteiger partial charge on any atom is -0.391 e. The molecule has 166 valence electrons. The third kappa shape index (κ3) is 3.50. The Kier molecular flexibility index (Phi) is 5.29. The lowest BCUT2D eigenvalue weighted by molar-refractivity contribution is 0.0735. The highest BCUT2D eigenvalue weighted by Gasteiger charge is 2.27. The van der Waals surface area contributed by atoms with Crippen molar-refractivity contribution in [1.29, 1.82) is 0 Å². The fraction of sp³-hybridized carbons (Fsp3) is 0.360. The van der Waals surface area contributed by atoms with E-state index in [4.69, 9.17) is 0 Å². The van der Waals surface area contributed by atoms with E-state index in [1.165, 1.54) is 6.07 Å². The van der Waals surface area contributed by atoms with Crippen molar-refractivity contribution in [3.05, 3.63) is 75.3 Å². The van der Waals surface area contributed by atoms with Crippen molar-refractivity contribution in [3.63, 3.8) is 0 Å². The van der Waals surface area contributed by atoms with Crippen LogP contribution in [0.1, 0.15) is 48.4 Å². The number of likely N-dealkylation sites (N-methyl/N-ethyl adjacent to an activating group) is 1. The molecule has 1 aliphatic heterocycles. The van der Waals surface area contributed by atoms with Gasteiger partial charge in [-0.1, -0.05) is 31.1 Å². The van der Waals surface area contributed by atoms with E-state index in [0.29, 0.717) is 35.9 Å². The van der Waals surface area contributed by atoms with Crippen molar-refractivity contribution < 1.29 is 13.9 Å². The molecule has 0 spiro atoms. The maximum absolute atomic E-state index is 13.8. The number of hydrogen-bond donors (Lipinski definition) is 1. The van der Waals surface area contributed by atoms with Gasteiger partial charge in [0.1, 0.15) is 5.52 Å². The SMILES string of the molecule is CN1CC=Cc2c(Cc3ccc(F)c(F)c3)cc3c(=O)n(C4CCCCC4O)cnc3c21. The molecular weight excluding hydrogens is 412 g/mol. The Morgan fingerprint density at radius 2 is 1.97 bits per heavy atom. The molecule has 1 aliphatic carbocycles. The summed E-state index contributed by atoms with van der Waals surface area (Å²) in [6.45, 7) is 0.683. The molecule has 2 aliphatic rings. The average molecular weight is 437 g/mol. The van der Waals surface area contributed by atoms with Gasteiger partial charge >= 0.3 is 0 Å². The minimum absolute atomic E-state index is 0.182. The number of fused-ring (bicyclic) bond motifs is 3. The standard InChI is InChI=1S/C25H25F2N3O2/c1-29-10-4-5-17-16(11-15-8-9-19(26)20(27)12-15)13-18-23(24(17)29)28-14-30(25(18)32)21-6-2-3-7-22(21)31/h4-5,8-9,12-14,21-22,31H,2-3,6-7,10-11H2,1H3. The van der Waals surface area contributed by atoms with Crippen molar-refractivity contribution in [2.45, 2.75) is 44.2 Å². The van der Waals surface area contributed by atoms with Crippen LogP contribution in [0.5, 0.6) is 0 Å². The number of halogens is 2. The Labute approximate surface area is 184 Å². The largest absolute Gasteiger partial charge is 0.391 e. The minimum atomic E-state index is -0.889. The molecule has 32 heavy (non-hydrogen) atoms. The summed E-state index contributed by atoms with van der Waals surface area (Å²) >= 11 is 0. The highest BCUT2D eigenvalue weighted by Crippen LogP contribution is 2.36. The summed E-state index contributed by atoms with van der Waals surface area (Å²) in [5.41, 5.74) is 3.70. The van der Waals surface area contributed by atoms with Gasteiger partial charge in [0.15, 0.2) is 11.6 Å². The van der Waals surface area contributed by atoms with E-state index >= 15 is 0 Å². The second kappa shape index (κ2) is 8.13. The third-order valence-corrected chi connectivity index (χ3v) is 6.65. The first-order valence-corrected chi connectivity index (χ1v) is 11.0. The van der Waals surface area contributed by atoms with Gasteiger partial charge in [-0.3, -0.25) is 9.36 Å². The molecule has 2 aromatic carbocycles. The van der Waals surface area contributed by atoms with E-state index in [1.807, 2.05) is 30.2 Å². The summed E-state index contributed by atoms with van der Waals surface area (Å²) in [4.78, 5) is 20.2. The van der Waals surface area contributed by atoms with Crippen molar-refractivity contribution in [2.75, 3.05) is 18.5 Å². The zero-order valence-corrected chi connectivity index (χ0v) is 17.9. The highest BCUT2D eigenvalue weighted by molar-refractivity contribution is 5.97. The topological polar surface area (TPSA) is 58.4 Å². The summed E-state index contributed by atoms with van der Waals surface area (Å²) in [5, 5.41) is 11.0. The first-order chi connectivity index (χ1) is 15.4. The molecule has 2 atom stereocenters. The lowest BCUT2D eigenvalue weighted by Gasteiger charge is -2.30. The number of aromatic nitrogens is 2. The maximum atomic E-state index is 13.8. The van der Waals surface area contributed by atoms with Crippen LogP contribution in [0.4, 0.5) is 14.5 Å². The Balaban J connectivity index is 1.69. The molecule has 5 rings (SSSR count). The molecule has 2 heterocycles. The Hall–Kier alpha value is -3.06. The molecule has 1 N–H and O–H groups in total. The molecule has 7 heteroatoms. The molecule has 2 unspecified atom stereocenters. The molecule has 1 aromatic heterocycles. The second-order valence-electron chi connectivity index (χ2n) is 8.78. The molecular formula is C25H25F2N3O2. The van der Waals surface area contributed by atoms with Crippen LogP contribution in [0.15, 0.2) is 41.5 Å². The Morgan fingerprint density at radius 3 is 2.75 bits per heavy atom. The van der Waals surface area contributed by atoms with Crippen molar-refractivity contribution in [2.24, 2.45) is 0 Å². The number of benzene rings is 2. The van der Waals surface area contributed by atoms with Gasteiger partial charge in [-0.2, -0.15) is 0 Å². The van der Waals surface area contributed by atoms with Crippen LogP contribution in [0.25, 0.3) is 17.0 Å². The molecule has 0 radical (unpaired) electrons. The van der Waals surface area contributed by atoms with Crippen LogP contribution in [0.2, 0.25) is 0 Å². The van der Waals surface area contributed by atoms with Gasteiger partial charge in [0.2, 0.25) is 0 Å². The summed E-state index contributed by atoms with van der Waals surface area (Å²) in [6.07, 6.45) is 8.72. The molecule has 0 bridgehead atoms. The quantitative estimate of drug-likeness (QED) is 0.667. The number of anilines is 1. The molecule has 3 aromatic rings. The summed E-state index contributed by atoms with van der Waals surface area (Å²) < 4.78 is 28.8.